The van der Waals surface area contributed by atoms with Crippen LogP contribution in [0.1, 0.15) is 24.6 Å². The van der Waals surface area contributed by atoms with Gasteiger partial charge in [0.2, 0.25) is 0 Å². The van der Waals surface area contributed by atoms with Crippen LogP contribution in [0.3, 0.4) is 0 Å². The van der Waals surface area contributed by atoms with Crippen molar-refractivity contribution in [2.24, 2.45) is 0 Å². The van der Waals surface area contributed by atoms with Crippen molar-refractivity contribution in [1.29, 1.82) is 0 Å². The first-order chi connectivity index (χ1) is 7.22. The lowest BCUT2D eigenvalue weighted by molar-refractivity contribution is 0.0609. The zero-order chi connectivity index (χ0) is 10.7. The fraction of sp³-hybridized carbons (Fsp3) is 0.583. The minimum Gasteiger partial charge on any atom is -0.388 e. The maximum absolute atomic E-state index is 10.2. The number of rotatable bonds is 3. The van der Waals surface area contributed by atoms with Crippen molar-refractivity contribution in [3.63, 3.8) is 0 Å². The summed E-state index contributed by atoms with van der Waals surface area (Å²) >= 11 is 0. The van der Waals surface area contributed by atoms with Crippen LogP contribution >= 0.6 is 0 Å². The second kappa shape index (κ2) is 4.29. The summed E-state index contributed by atoms with van der Waals surface area (Å²) in [6.07, 6.45) is 4.40. The molecular formula is C12H18N2O. The van der Waals surface area contributed by atoms with Crippen molar-refractivity contribution < 1.29 is 5.11 Å². The summed E-state index contributed by atoms with van der Waals surface area (Å²) in [6.45, 7) is 3.71. The molecule has 1 atom stereocenters. The third kappa shape index (κ3) is 2.55. The van der Waals surface area contributed by atoms with E-state index in [0.29, 0.717) is 13.0 Å². The van der Waals surface area contributed by atoms with Crippen molar-refractivity contribution in [3.05, 3.63) is 29.6 Å². The van der Waals surface area contributed by atoms with Gasteiger partial charge in [0.25, 0.3) is 0 Å². The third-order valence-electron chi connectivity index (χ3n) is 3.03. The van der Waals surface area contributed by atoms with Crippen LogP contribution in [0.5, 0.6) is 0 Å². The minimum absolute atomic E-state index is 0.583. The van der Waals surface area contributed by atoms with Crippen molar-refractivity contribution >= 4 is 0 Å². The van der Waals surface area contributed by atoms with E-state index < -0.39 is 5.60 Å². The molecule has 2 rings (SSSR count). The molecule has 0 aromatic carbocycles. The Bertz CT molecular complexity index is 315. The fourth-order valence-electron chi connectivity index (χ4n) is 1.99. The van der Waals surface area contributed by atoms with E-state index in [2.05, 4.69) is 23.3 Å². The molecule has 1 aromatic heterocycles. The highest BCUT2D eigenvalue weighted by Crippen LogP contribution is 2.19. The van der Waals surface area contributed by atoms with E-state index in [-0.39, 0.29) is 0 Å². The van der Waals surface area contributed by atoms with E-state index in [0.717, 1.165) is 25.1 Å². The summed E-state index contributed by atoms with van der Waals surface area (Å²) in [5.74, 6) is 0. The lowest BCUT2D eigenvalue weighted by Crippen LogP contribution is -2.34. The summed E-state index contributed by atoms with van der Waals surface area (Å²) in [5.41, 5.74) is 1.65. The second-order valence-corrected chi connectivity index (χ2v) is 4.34. The molecule has 82 valence electrons. The molecule has 3 heteroatoms. The van der Waals surface area contributed by atoms with E-state index in [1.165, 1.54) is 5.56 Å². The van der Waals surface area contributed by atoms with Crippen LogP contribution in [0, 0.1) is 0 Å². The zero-order valence-electron chi connectivity index (χ0n) is 9.16. The largest absolute Gasteiger partial charge is 0.388 e. The molecule has 1 aliphatic rings. The maximum atomic E-state index is 10.2. The average molecular weight is 206 g/mol. The fourth-order valence-corrected chi connectivity index (χ4v) is 1.99. The number of aryl methyl sites for hydroxylation is 1. The quantitative estimate of drug-likeness (QED) is 0.772. The maximum Gasteiger partial charge on any atom is 0.0838 e. The first-order valence-corrected chi connectivity index (χ1v) is 5.59. The predicted molar refractivity (Wildman–Crippen MR) is 59.8 cm³/mol. The summed E-state index contributed by atoms with van der Waals surface area (Å²) in [6, 6.07) is 4.11. The minimum atomic E-state index is -0.583. The number of nitrogens with one attached hydrogen (secondary N) is 1. The smallest absolute Gasteiger partial charge is 0.0838 e. The van der Waals surface area contributed by atoms with Gasteiger partial charge in [0.1, 0.15) is 0 Å². The van der Waals surface area contributed by atoms with Gasteiger partial charge in [0.15, 0.2) is 0 Å². The first kappa shape index (κ1) is 10.6. The van der Waals surface area contributed by atoms with Gasteiger partial charge in [-0.25, -0.2) is 0 Å². The lowest BCUT2D eigenvalue weighted by Gasteiger charge is -2.20. The number of hydrogen-bond acceptors (Lipinski definition) is 3. The summed E-state index contributed by atoms with van der Waals surface area (Å²) < 4.78 is 0. The molecule has 0 spiro atoms. The number of aliphatic hydroxyl groups is 1. The Morgan fingerprint density at radius 3 is 2.93 bits per heavy atom. The Kier molecular flexibility index (Phi) is 3.03. The zero-order valence-corrected chi connectivity index (χ0v) is 9.16. The highest BCUT2D eigenvalue weighted by Gasteiger charge is 2.31. The second-order valence-electron chi connectivity index (χ2n) is 4.34. The average Bonchev–Trinajstić information content (AvgIpc) is 2.66. The van der Waals surface area contributed by atoms with Gasteiger partial charge in [0, 0.05) is 24.9 Å². The van der Waals surface area contributed by atoms with Crippen LogP contribution in [0.2, 0.25) is 0 Å². The van der Waals surface area contributed by atoms with Gasteiger partial charge < -0.3 is 10.4 Å². The van der Waals surface area contributed by atoms with Crippen molar-refractivity contribution in [3.8, 4) is 0 Å². The van der Waals surface area contributed by atoms with Gasteiger partial charge in [-0.2, -0.15) is 0 Å². The normalized spacial score (nSPS) is 25.7. The topological polar surface area (TPSA) is 45.1 Å². The number of pyridine rings is 1. The van der Waals surface area contributed by atoms with Gasteiger partial charge >= 0.3 is 0 Å². The predicted octanol–water partition coefficient (Wildman–Crippen LogP) is 0.911. The molecule has 1 aromatic rings. The molecule has 1 fully saturated rings. The summed E-state index contributed by atoms with van der Waals surface area (Å²) in [5, 5.41) is 13.3. The van der Waals surface area contributed by atoms with Crippen LogP contribution in [0.15, 0.2) is 18.3 Å². The molecule has 15 heavy (non-hydrogen) atoms. The molecule has 1 saturated heterocycles. The number of aromatic nitrogens is 1. The Balaban J connectivity index is 2.04. The van der Waals surface area contributed by atoms with Gasteiger partial charge in [0.05, 0.1) is 5.60 Å². The van der Waals surface area contributed by atoms with E-state index in [9.17, 15) is 5.11 Å². The van der Waals surface area contributed by atoms with Crippen LogP contribution in [-0.4, -0.2) is 28.8 Å². The van der Waals surface area contributed by atoms with Crippen LogP contribution in [-0.2, 0) is 12.8 Å². The molecule has 2 heterocycles. The Labute approximate surface area is 90.5 Å². The van der Waals surface area contributed by atoms with E-state index in [1.54, 1.807) is 0 Å². The van der Waals surface area contributed by atoms with Crippen molar-refractivity contribution in [2.75, 3.05) is 13.1 Å². The molecule has 0 aliphatic carbocycles. The SMILES string of the molecule is CCc1ccc(CC2(O)CCNC2)nc1. The molecule has 1 aliphatic heterocycles. The lowest BCUT2D eigenvalue weighted by atomic mass is 9.96. The highest BCUT2D eigenvalue weighted by atomic mass is 16.3. The molecule has 2 N–H and O–H groups in total. The molecule has 3 nitrogen and oxygen atoms in total. The third-order valence-corrected chi connectivity index (χ3v) is 3.03. The Hall–Kier alpha value is -0.930. The number of hydrogen-bond donors (Lipinski definition) is 2. The molecule has 0 amide bonds. The number of β-amino-alcohol motifs (C(OH)–C–C–N with tert-alkyl or cyclic N) is 1. The van der Waals surface area contributed by atoms with Crippen LogP contribution in [0.25, 0.3) is 0 Å². The van der Waals surface area contributed by atoms with Gasteiger partial charge in [-0.3, -0.25) is 4.98 Å². The van der Waals surface area contributed by atoms with E-state index in [1.807, 2.05) is 12.3 Å². The monoisotopic (exact) mass is 206 g/mol. The van der Waals surface area contributed by atoms with Crippen molar-refractivity contribution in [1.82, 2.24) is 10.3 Å². The van der Waals surface area contributed by atoms with E-state index in [4.69, 9.17) is 0 Å². The molecule has 0 bridgehead atoms. The molecule has 0 saturated carbocycles. The van der Waals surface area contributed by atoms with Crippen molar-refractivity contribution in [2.45, 2.75) is 31.8 Å². The number of nitrogens with zero attached hydrogens (tertiary/aromatic N) is 1. The molecule has 1 unspecified atom stereocenters. The first-order valence-electron chi connectivity index (χ1n) is 5.59. The summed E-state index contributed by atoms with van der Waals surface area (Å²) in [7, 11) is 0. The molecular weight excluding hydrogens is 188 g/mol. The summed E-state index contributed by atoms with van der Waals surface area (Å²) in [4.78, 5) is 4.37. The Morgan fingerprint density at radius 1 is 1.53 bits per heavy atom. The van der Waals surface area contributed by atoms with Gasteiger partial charge in [-0.1, -0.05) is 13.0 Å². The van der Waals surface area contributed by atoms with E-state index >= 15 is 0 Å². The standard InChI is InChI=1S/C12H18N2O/c1-2-10-3-4-11(14-8-10)7-12(15)5-6-13-9-12/h3-4,8,13,15H,2,5-7,9H2,1H3. The molecule has 0 radical (unpaired) electrons. The van der Waals surface area contributed by atoms with Crippen LogP contribution in [0.4, 0.5) is 0 Å². The van der Waals surface area contributed by atoms with Gasteiger partial charge in [-0.15, -0.1) is 0 Å². The highest BCUT2D eigenvalue weighted by molar-refractivity contribution is 5.16. The van der Waals surface area contributed by atoms with Gasteiger partial charge in [-0.05, 0) is 31.0 Å². The van der Waals surface area contributed by atoms with Crippen LogP contribution < -0.4 is 5.32 Å². The Morgan fingerprint density at radius 2 is 2.40 bits per heavy atom.